The predicted molar refractivity (Wildman–Crippen MR) is 154 cm³/mol. The Balaban J connectivity index is 1.97. The molecule has 1 aliphatic heterocycles. The summed E-state index contributed by atoms with van der Waals surface area (Å²) in [5, 5.41) is 22.9. The summed E-state index contributed by atoms with van der Waals surface area (Å²) >= 11 is 12.3. The van der Waals surface area contributed by atoms with Crippen LogP contribution < -0.4 is 5.32 Å². The van der Waals surface area contributed by atoms with E-state index in [-0.39, 0.29) is 32.2 Å². The van der Waals surface area contributed by atoms with Crippen LogP contribution in [0.4, 0.5) is 14.5 Å². The van der Waals surface area contributed by atoms with Crippen LogP contribution in [0.3, 0.4) is 0 Å². The van der Waals surface area contributed by atoms with Gasteiger partial charge in [0, 0.05) is 28.2 Å². The van der Waals surface area contributed by atoms with E-state index in [0.717, 1.165) is 6.07 Å². The Morgan fingerprint density at radius 3 is 2.32 bits per heavy atom. The molecular weight excluding hydrogens is 571 g/mol. The summed E-state index contributed by atoms with van der Waals surface area (Å²) in [4.78, 5) is 27.0. The van der Waals surface area contributed by atoms with Crippen molar-refractivity contribution in [3.8, 4) is 6.07 Å². The quantitative estimate of drug-likeness (QED) is 0.311. The van der Waals surface area contributed by atoms with Gasteiger partial charge < -0.3 is 10.4 Å². The molecule has 2 N–H and O–H groups in total. The number of nitrogens with one attached hydrogen (secondary N) is 1. The Morgan fingerprint density at radius 2 is 1.76 bits per heavy atom. The topological polar surface area (TPSA) is 93.4 Å². The number of carbonyl (C=O) groups is 2. The zero-order valence-corrected chi connectivity index (χ0v) is 24.4. The summed E-state index contributed by atoms with van der Waals surface area (Å²) in [7, 11) is 1.66. The first-order valence-electron chi connectivity index (χ1n) is 12.9. The minimum absolute atomic E-state index is 0.00182. The first kappa shape index (κ1) is 30.4. The van der Waals surface area contributed by atoms with E-state index in [1.807, 2.05) is 20.8 Å². The number of hydrogen-bond acceptors (Lipinski definition) is 4. The number of nitrogens with zero attached hydrogens (tertiary/aromatic N) is 2. The summed E-state index contributed by atoms with van der Waals surface area (Å²) < 4.78 is 31.6. The van der Waals surface area contributed by atoms with Crippen LogP contribution in [-0.2, 0) is 10.2 Å². The van der Waals surface area contributed by atoms with Crippen LogP contribution in [0.1, 0.15) is 54.6 Å². The molecule has 1 heterocycles. The Morgan fingerprint density at radius 1 is 1.10 bits per heavy atom. The van der Waals surface area contributed by atoms with E-state index in [4.69, 9.17) is 23.2 Å². The summed E-state index contributed by atoms with van der Waals surface area (Å²) in [6.45, 7) is 5.90. The molecule has 10 heteroatoms. The number of rotatable bonds is 6. The molecule has 0 saturated carbocycles. The molecule has 1 aliphatic rings. The third-order valence-electron chi connectivity index (χ3n) is 7.61. The van der Waals surface area contributed by atoms with Crippen LogP contribution >= 0.6 is 23.2 Å². The summed E-state index contributed by atoms with van der Waals surface area (Å²) in [5.74, 6) is -4.45. The van der Waals surface area contributed by atoms with Gasteiger partial charge in [0.15, 0.2) is 0 Å². The van der Waals surface area contributed by atoms with E-state index >= 15 is 8.78 Å². The van der Waals surface area contributed by atoms with E-state index in [1.54, 1.807) is 11.9 Å². The molecule has 1 amide bonds. The largest absolute Gasteiger partial charge is 0.478 e. The fourth-order valence-electron chi connectivity index (χ4n) is 5.89. The van der Waals surface area contributed by atoms with Crippen LogP contribution in [0.2, 0.25) is 10.0 Å². The van der Waals surface area contributed by atoms with Gasteiger partial charge in [-0.3, -0.25) is 9.69 Å². The molecule has 1 fully saturated rings. The molecule has 0 aromatic heterocycles. The number of benzene rings is 3. The fourth-order valence-corrected chi connectivity index (χ4v) is 6.23. The van der Waals surface area contributed by atoms with Crippen molar-refractivity contribution in [2.75, 3.05) is 12.4 Å². The minimum atomic E-state index is -1.74. The molecule has 214 valence electrons. The van der Waals surface area contributed by atoms with Crippen molar-refractivity contribution in [3.63, 3.8) is 0 Å². The van der Waals surface area contributed by atoms with Gasteiger partial charge in [-0.05, 0) is 66.9 Å². The molecule has 4 atom stereocenters. The zero-order valence-electron chi connectivity index (χ0n) is 22.9. The summed E-state index contributed by atoms with van der Waals surface area (Å²) in [6, 6.07) is 14.4. The van der Waals surface area contributed by atoms with Crippen LogP contribution in [-0.4, -0.2) is 41.0 Å². The lowest BCUT2D eigenvalue weighted by Gasteiger charge is -2.38. The van der Waals surface area contributed by atoms with Crippen molar-refractivity contribution in [1.82, 2.24) is 4.90 Å². The number of likely N-dealkylation sites (N-methyl/N-ethyl adjacent to an activating group) is 1. The number of carbonyl (C=O) groups excluding carboxylic acids is 1. The van der Waals surface area contributed by atoms with Gasteiger partial charge in [-0.25, -0.2) is 13.6 Å². The van der Waals surface area contributed by atoms with E-state index in [2.05, 4.69) is 11.4 Å². The molecule has 4 rings (SSSR count). The molecule has 0 radical (unpaired) electrons. The maximum atomic E-state index is 15.8. The Kier molecular flexibility index (Phi) is 8.47. The molecule has 0 spiro atoms. The van der Waals surface area contributed by atoms with Gasteiger partial charge in [-0.2, -0.15) is 5.26 Å². The number of amides is 1. The molecule has 3 aromatic carbocycles. The smallest absolute Gasteiger partial charge is 0.335 e. The van der Waals surface area contributed by atoms with Crippen molar-refractivity contribution in [1.29, 1.82) is 5.26 Å². The van der Waals surface area contributed by atoms with Gasteiger partial charge in [0.25, 0.3) is 0 Å². The second-order valence-electron chi connectivity index (χ2n) is 11.5. The maximum absolute atomic E-state index is 15.8. The van der Waals surface area contributed by atoms with E-state index in [0.29, 0.717) is 12.1 Å². The van der Waals surface area contributed by atoms with Gasteiger partial charge in [-0.1, -0.05) is 62.2 Å². The Bertz CT molecular complexity index is 1540. The van der Waals surface area contributed by atoms with Crippen LogP contribution in [0.15, 0.2) is 60.7 Å². The number of carboxylic acids is 1. The minimum Gasteiger partial charge on any atom is -0.478 e. The summed E-state index contributed by atoms with van der Waals surface area (Å²) in [5.41, 5.74) is -1.78. The third kappa shape index (κ3) is 5.67. The van der Waals surface area contributed by atoms with E-state index < -0.39 is 46.9 Å². The van der Waals surface area contributed by atoms with E-state index in [9.17, 15) is 20.0 Å². The second kappa shape index (κ2) is 11.4. The summed E-state index contributed by atoms with van der Waals surface area (Å²) in [6.07, 6.45) is 0.356. The van der Waals surface area contributed by atoms with Crippen LogP contribution in [0, 0.1) is 28.4 Å². The Hall–Kier alpha value is -3.51. The number of anilines is 1. The van der Waals surface area contributed by atoms with E-state index in [1.165, 1.54) is 54.6 Å². The SMILES string of the molecule is CN1[C@@H](CC(C)(C)C)[C@](C#N)(c2ccc(Cl)cc2F)[C@@H](c2cccc(Cl)c2F)[C@@H]1C(=O)Nc1ccc(C(=O)O)cc1. The first-order valence-corrected chi connectivity index (χ1v) is 13.6. The third-order valence-corrected chi connectivity index (χ3v) is 8.14. The highest BCUT2D eigenvalue weighted by Crippen LogP contribution is 2.56. The van der Waals surface area contributed by atoms with Crippen molar-refractivity contribution >= 4 is 40.8 Å². The number of halogens is 4. The average Bonchev–Trinajstić information content (AvgIpc) is 3.13. The molecule has 41 heavy (non-hydrogen) atoms. The molecule has 3 aromatic rings. The Labute approximate surface area is 247 Å². The first-order chi connectivity index (χ1) is 19.2. The number of carboxylic acid groups (broad SMARTS) is 1. The standard InChI is InChI=1S/C31H29Cl2F2N3O3/c1-30(2,3)15-24-31(16-36,21-13-10-18(32)14-23(21)34)25(20-6-5-7-22(33)26(20)35)27(38(24)4)28(39)37-19-11-8-17(9-12-19)29(40)41/h5-14,24-25,27H,15H2,1-4H3,(H,37,39)(H,40,41)/t24-,25-,27+,31-/m0/s1. The second-order valence-corrected chi connectivity index (χ2v) is 12.3. The number of aromatic carboxylic acids is 1. The normalized spacial score (nSPS) is 22.8. The lowest BCUT2D eigenvalue weighted by Crippen LogP contribution is -2.45. The van der Waals surface area contributed by atoms with Crippen molar-refractivity contribution < 1.29 is 23.5 Å². The fraction of sp³-hybridized carbons (Fsp3) is 0.323. The molecule has 6 nitrogen and oxygen atoms in total. The predicted octanol–water partition coefficient (Wildman–Crippen LogP) is 7.27. The zero-order chi connectivity index (χ0) is 30.3. The number of hydrogen-bond donors (Lipinski definition) is 2. The van der Waals surface area contributed by atoms with Gasteiger partial charge in [0.1, 0.15) is 17.0 Å². The lowest BCUT2D eigenvalue weighted by atomic mass is 9.62. The van der Waals surface area contributed by atoms with Crippen molar-refractivity contribution in [2.45, 2.75) is 50.6 Å². The van der Waals surface area contributed by atoms with Crippen LogP contribution in [0.25, 0.3) is 0 Å². The highest BCUT2D eigenvalue weighted by Gasteiger charge is 2.63. The maximum Gasteiger partial charge on any atom is 0.335 e. The van der Waals surface area contributed by atoms with Crippen LogP contribution in [0.5, 0.6) is 0 Å². The molecule has 0 unspecified atom stereocenters. The molecule has 0 aliphatic carbocycles. The highest BCUT2D eigenvalue weighted by molar-refractivity contribution is 6.31. The monoisotopic (exact) mass is 599 g/mol. The molecular formula is C31H29Cl2F2N3O3. The van der Waals surface area contributed by atoms with Gasteiger partial charge in [0.2, 0.25) is 5.91 Å². The molecule has 0 bridgehead atoms. The highest BCUT2D eigenvalue weighted by atomic mass is 35.5. The van der Waals surface area contributed by atoms with Crippen molar-refractivity contribution in [3.05, 3.63) is 99.0 Å². The van der Waals surface area contributed by atoms with Gasteiger partial charge in [0.05, 0.1) is 22.7 Å². The lowest BCUT2D eigenvalue weighted by molar-refractivity contribution is -0.120. The van der Waals surface area contributed by atoms with Gasteiger partial charge in [-0.15, -0.1) is 0 Å². The van der Waals surface area contributed by atoms with Crippen molar-refractivity contribution in [2.24, 2.45) is 5.41 Å². The molecule has 1 saturated heterocycles. The van der Waals surface area contributed by atoms with Gasteiger partial charge >= 0.3 is 5.97 Å². The number of nitriles is 1. The number of likely N-dealkylation sites (tertiary alicyclic amines) is 1. The average molecular weight is 600 g/mol.